The van der Waals surface area contributed by atoms with Crippen molar-refractivity contribution in [1.29, 1.82) is 0 Å². The average molecular weight is 670 g/mol. The lowest BCUT2D eigenvalue weighted by molar-refractivity contribution is -0.113. The number of hydrogen-bond donors (Lipinski definition) is 2. The lowest BCUT2D eigenvalue weighted by atomic mass is 9.96. The molecule has 0 spiro atoms. The predicted octanol–water partition coefficient (Wildman–Crippen LogP) is 5.69. The predicted molar refractivity (Wildman–Crippen MR) is 173 cm³/mol. The van der Waals surface area contributed by atoms with Gasteiger partial charge in [0, 0.05) is 54.1 Å². The molecule has 2 saturated heterocycles. The molecule has 4 heterocycles. The zero-order valence-corrected chi connectivity index (χ0v) is 26.6. The molecule has 2 aliphatic carbocycles. The summed E-state index contributed by atoms with van der Waals surface area (Å²) in [5, 5.41) is 6.54. The van der Waals surface area contributed by atoms with Crippen molar-refractivity contribution in [3.8, 4) is 11.1 Å². The van der Waals surface area contributed by atoms with Crippen LogP contribution in [0.1, 0.15) is 76.0 Å². The number of nitrogens with one attached hydrogen (secondary N) is 2. The Balaban J connectivity index is 1.16. The highest BCUT2D eigenvalue weighted by Crippen LogP contribution is 2.42. The fourth-order valence-corrected chi connectivity index (χ4v) is 7.00. The van der Waals surface area contributed by atoms with Gasteiger partial charge >= 0.3 is 0 Å². The van der Waals surface area contributed by atoms with Gasteiger partial charge in [0.1, 0.15) is 16.8 Å². The second-order valence-corrected chi connectivity index (χ2v) is 14.2. The Bertz CT molecular complexity index is 1730. The topological polar surface area (TPSA) is 106 Å². The number of alkyl halides is 2. The summed E-state index contributed by atoms with van der Waals surface area (Å²) >= 11 is 8.01. The second-order valence-electron chi connectivity index (χ2n) is 12.5. The molecule has 1 aromatic carbocycles. The second kappa shape index (κ2) is 12.7. The van der Waals surface area contributed by atoms with E-state index in [1.807, 2.05) is 12.3 Å². The van der Waals surface area contributed by atoms with Gasteiger partial charge in [-0.3, -0.25) is 14.4 Å². The molecule has 2 aromatic heterocycles. The van der Waals surface area contributed by atoms with E-state index < -0.39 is 30.8 Å². The van der Waals surface area contributed by atoms with Crippen LogP contribution in [0.15, 0.2) is 47.4 Å². The largest absolute Gasteiger partial charge is 0.366 e. The van der Waals surface area contributed by atoms with Crippen LogP contribution < -0.4 is 16.2 Å². The quantitative estimate of drug-likeness (QED) is 0.286. The summed E-state index contributed by atoms with van der Waals surface area (Å²) in [5.74, 6) is -2.53. The third kappa shape index (κ3) is 7.00. The van der Waals surface area contributed by atoms with E-state index in [-0.39, 0.29) is 39.9 Å². The van der Waals surface area contributed by atoms with Gasteiger partial charge < -0.3 is 24.8 Å². The summed E-state index contributed by atoms with van der Waals surface area (Å²) in [5.41, 5.74) is 2.59. The third-order valence-electron chi connectivity index (χ3n) is 8.56. The van der Waals surface area contributed by atoms with Gasteiger partial charge in [0.05, 0.1) is 13.1 Å². The molecule has 0 bridgehead atoms. The Kier molecular flexibility index (Phi) is 8.64. The van der Waals surface area contributed by atoms with Gasteiger partial charge in [0.2, 0.25) is 0 Å². The monoisotopic (exact) mass is 669 g/mol. The smallest absolute Gasteiger partial charge is 0.282 e. The van der Waals surface area contributed by atoms with Crippen molar-refractivity contribution >= 4 is 41.0 Å². The van der Waals surface area contributed by atoms with Crippen LogP contribution in [-0.4, -0.2) is 69.6 Å². The van der Waals surface area contributed by atoms with Crippen molar-refractivity contribution in [2.45, 2.75) is 62.0 Å². The third-order valence-corrected chi connectivity index (χ3v) is 9.99. The number of thioether (sulfide) groups is 1. The summed E-state index contributed by atoms with van der Waals surface area (Å²) in [4.78, 5) is 46.2. The Morgan fingerprint density at radius 2 is 1.89 bits per heavy atom. The van der Waals surface area contributed by atoms with Crippen molar-refractivity contribution in [3.05, 3.63) is 80.4 Å². The molecule has 242 valence electrons. The van der Waals surface area contributed by atoms with Crippen molar-refractivity contribution in [2.75, 3.05) is 37.3 Å². The van der Waals surface area contributed by atoms with Crippen LogP contribution in [0.3, 0.4) is 0 Å². The van der Waals surface area contributed by atoms with Crippen molar-refractivity contribution < 1.29 is 23.1 Å². The number of nitrogens with zero attached hydrogens (tertiary/aromatic N) is 3. The first kappa shape index (κ1) is 31.3. The summed E-state index contributed by atoms with van der Waals surface area (Å²) < 4.78 is 34.6. The van der Waals surface area contributed by atoms with Gasteiger partial charge in [-0.15, -0.1) is 11.8 Å². The van der Waals surface area contributed by atoms with E-state index >= 15 is 0 Å². The van der Waals surface area contributed by atoms with Crippen molar-refractivity contribution in [1.82, 2.24) is 19.8 Å². The van der Waals surface area contributed by atoms with Crippen molar-refractivity contribution in [3.63, 3.8) is 0 Å². The normalized spacial score (nSPS) is 20.7. The number of aromatic nitrogens is 2. The number of amides is 2. The summed E-state index contributed by atoms with van der Waals surface area (Å²) in [7, 11) is 0. The van der Waals surface area contributed by atoms with E-state index in [0.717, 1.165) is 60.6 Å². The highest BCUT2D eigenvalue weighted by molar-refractivity contribution is 7.99. The Morgan fingerprint density at radius 1 is 1.09 bits per heavy atom. The van der Waals surface area contributed by atoms with Gasteiger partial charge in [0.15, 0.2) is 0 Å². The van der Waals surface area contributed by atoms with E-state index in [0.29, 0.717) is 29.2 Å². The molecule has 2 aliphatic heterocycles. The van der Waals surface area contributed by atoms with Crippen LogP contribution in [0.4, 0.5) is 14.6 Å². The molecule has 0 unspecified atom stereocenters. The molecule has 4 fully saturated rings. The maximum Gasteiger partial charge on any atom is 0.282 e. The van der Waals surface area contributed by atoms with Gasteiger partial charge in [-0.1, -0.05) is 17.7 Å². The first-order valence-corrected chi connectivity index (χ1v) is 17.1. The minimum atomic E-state index is -2.91. The lowest BCUT2D eigenvalue weighted by Gasteiger charge is -2.39. The molecule has 13 heteroatoms. The minimum absolute atomic E-state index is 0.0238. The lowest BCUT2D eigenvalue weighted by Crippen LogP contribution is -2.58. The average Bonchev–Trinajstić information content (AvgIpc) is 3.94. The molecule has 1 atom stereocenters. The van der Waals surface area contributed by atoms with E-state index in [4.69, 9.17) is 21.3 Å². The zero-order chi connectivity index (χ0) is 32.0. The molecule has 2 saturated carbocycles. The number of carbonyl (C=O) groups is 2. The molecule has 9 nitrogen and oxygen atoms in total. The summed E-state index contributed by atoms with van der Waals surface area (Å²) in [6.07, 6.45) is 6.52. The number of anilines is 1. The van der Waals surface area contributed by atoms with Crippen LogP contribution in [0, 0.1) is 0 Å². The number of carbonyl (C=O) groups excluding carboxylic acids is 2. The molecule has 2 amide bonds. The maximum absolute atomic E-state index is 13.7. The number of benzene rings is 1. The molecular weight excluding hydrogens is 636 g/mol. The van der Waals surface area contributed by atoms with Crippen LogP contribution in [0.5, 0.6) is 0 Å². The van der Waals surface area contributed by atoms with Gasteiger partial charge in [-0.05, 0) is 84.9 Å². The fraction of sp³-hybridized carbons (Fsp3) is 0.455. The van der Waals surface area contributed by atoms with Crippen LogP contribution in [0.2, 0.25) is 5.02 Å². The minimum Gasteiger partial charge on any atom is -0.366 e. The number of likely N-dealkylation sites (tertiary alicyclic amines) is 1. The summed E-state index contributed by atoms with van der Waals surface area (Å²) in [6.45, 7) is 0.585. The van der Waals surface area contributed by atoms with Gasteiger partial charge in [-0.2, -0.15) is 0 Å². The molecule has 4 aliphatic rings. The molecular formula is C33H34ClF2N5O4S. The van der Waals surface area contributed by atoms with Crippen LogP contribution in [0.25, 0.3) is 11.1 Å². The molecule has 46 heavy (non-hydrogen) atoms. The number of hydrogen-bond acceptors (Lipinski definition) is 7. The highest BCUT2D eigenvalue weighted by Gasteiger charge is 2.46. The zero-order valence-electron chi connectivity index (χ0n) is 25.1. The molecule has 7 rings (SSSR count). The number of ether oxygens (including phenoxy) is 1. The molecule has 0 radical (unpaired) electrons. The van der Waals surface area contributed by atoms with Gasteiger partial charge in [-0.25, -0.2) is 13.8 Å². The molecule has 2 N–H and O–H groups in total. The highest BCUT2D eigenvalue weighted by atomic mass is 35.5. The first-order valence-electron chi connectivity index (χ1n) is 15.6. The van der Waals surface area contributed by atoms with Crippen LogP contribution in [-0.2, 0) is 11.3 Å². The van der Waals surface area contributed by atoms with E-state index in [1.165, 1.54) is 6.07 Å². The first-order chi connectivity index (χ1) is 22.1. The SMILES string of the molecule is O=C(Nc1cc(-c2ccc(Cl)cc2C(=O)N2CC(F)(F)C2)cc(C2CC2)n1)c1cc(CNC[C@H]2OCCCS2)cn(C2CC2)c1=O. The number of halogens is 3. The van der Waals surface area contributed by atoms with E-state index in [9.17, 15) is 23.2 Å². The van der Waals surface area contributed by atoms with E-state index in [1.54, 1.807) is 40.6 Å². The van der Waals surface area contributed by atoms with E-state index in [2.05, 4.69) is 10.6 Å². The Morgan fingerprint density at radius 3 is 2.59 bits per heavy atom. The Hall–Kier alpha value is -3.32. The fourth-order valence-electron chi connectivity index (χ4n) is 5.85. The standard InChI is InChI=1S/C33H34ClF2N5O4S/c34-22-4-7-24(25(13-22)31(43)40-17-33(35,36)18-40)21-11-27(20-2-3-20)38-28(12-21)39-30(42)26-10-19(16-41(32(26)44)23-5-6-23)14-37-15-29-45-8-1-9-46-29/h4,7,10-13,16,20,23,29,37H,1-3,5-6,8-9,14-15,17-18H2,(H,38,39,42)/t29-/m0/s1. The summed E-state index contributed by atoms with van der Waals surface area (Å²) in [6, 6.07) is 9.98. The van der Waals surface area contributed by atoms with Gasteiger partial charge in [0.25, 0.3) is 23.3 Å². The number of rotatable bonds is 10. The van der Waals surface area contributed by atoms with Crippen molar-refractivity contribution in [2.24, 2.45) is 0 Å². The van der Waals surface area contributed by atoms with Crippen LogP contribution >= 0.6 is 23.4 Å². The maximum atomic E-state index is 13.7. The molecule has 3 aromatic rings. The Labute approximate surface area is 274 Å². The number of pyridine rings is 2.